The van der Waals surface area contributed by atoms with Crippen LogP contribution in [0.4, 0.5) is 0 Å². The molecule has 5 heteroatoms. The maximum Gasteiger partial charge on any atom is 0.227 e. The van der Waals surface area contributed by atoms with Gasteiger partial charge in [0, 0.05) is 25.5 Å². The van der Waals surface area contributed by atoms with Gasteiger partial charge in [-0.15, -0.1) is 11.3 Å². The fraction of sp³-hybridized carbons (Fsp3) is 0.389. The number of amides is 1. The van der Waals surface area contributed by atoms with Gasteiger partial charge in [0.25, 0.3) is 0 Å². The lowest BCUT2D eigenvalue weighted by atomic mass is 10.1. The molecule has 0 unspecified atom stereocenters. The summed E-state index contributed by atoms with van der Waals surface area (Å²) in [6.45, 7) is 4.99. The first-order valence-corrected chi connectivity index (χ1v) is 8.73. The van der Waals surface area contributed by atoms with Crippen LogP contribution in [-0.4, -0.2) is 28.1 Å². The first kappa shape index (κ1) is 17.3. The molecule has 0 radical (unpaired) electrons. The number of thiophene rings is 1. The molecule has 0 atom stereocenters. The molecule has 2 rings (SSSR count). The highest BCUT2D eigenvalue weighted by molar-refractivity contribution is 7.12. The van der Waals surface area contributed by atoms with E-state index in [1.807, 2.05) is 28.5 Å². The molecule has 122 valence electrons. The number of hydrogen-bond acceptors (Lipinski definition) is 4. The molecule has 1 amide bonds. The molecule has 2 aromatic heterocycles. The topological polar surface area (TPSA) is 50.3 Å². The van der Waals surface area contributed by atoms with Crippen molar-refractivity contribution in [3.63, 3.8) is 0 Å². The van der Waals surface area contributed by atoms with Gasteiger partial charge < -0.3 is 4.90 Å². The standard InChI is InChI=1S/C18H22N2O2S/c1-3-4-8-20(12-15-6-5-7-19-11-15)18(22)10-16-9-17(14(2)21)23-13-16/h5-7,9,11,13H,3-4,8,10,12H2,1-2H3. The number of rotatable bonds is 8. The summed E-state index contributed by atoms with van der Waals surface area (Å²) in [5, 5.41) is 1.90. The first-order valence-electron chi connectivity index (χ1n) is 7.85. The van der Waals surface area contributed by atoms with Crippen LogP contribution >= 0.6 is 11.3 Å². The second-order valence-electron chi connectivity index (χ2n) is 5.58. The largest absolute Gasteiger partial charge is 0.338 e. The van der Waals surface area contributed by atoms with Crippen molar-refractivity contribution in [2.24, 2.45) is 0 Å². The van der Waals surface area contributed by atoms with Crippen LogP contribution in [-0.2, 0) is 17.8 Å². The minimum absolute atomic E-state index is 0.0481. The molecular weight excluding hydrogens is 308 g/mol. The number of hydrogen-bond donors (Lipinski definition) is 0. The van der Waals surface area contributed by atoms with E-state index in [0.717, 1.165) is 30.5 Å². The van der Waals surface area contributed by atoms with E-state index < -0.39 is 0 Å². The highest BCUT2D eigenvalue weighted by Crippen LogP contribution is 2.17. The Hall–Kier alpha value is -2.01. The van der Waals surface area contributed by atoms with Crippen LogP contribution < -0.4 is 0 Å². The molecule has 0 spiro atoms. The number of pyridine rings is 1. The van der Waals surface area contributed by atoms with E-state index in [4.69, 9.17) is 0 Å². The van der Waals surface area contributed by atoms with Crippen LogP contribution in [0.2, 0.25) is 0 Å². The molecule has 0 fully saturated rings. The summed E-state index contributed by atoms with van der Waals surface area (Å²) in [4.78, 5) is 30.7. The highest BCUT2D eigenvalue weighted by atomic mass is 32.1. The van der Waals surface area contributed by atoms with Crippen molar-refractivity contribution < 1.29 is 9.59 Å². The Kier molecular flexibility index (Phi) is 6.47. The number of carbonyl (C=O) groups is 2. The van der Waals surface area contributed by atoms with Gasteiger partial charge in [0.1, 0.15) is 0 Å². The molecule has 0 saturated carbocycles. The number of unbranched alkanes of at least 4 members (excludes halogenated alkanes) is 1. The van der Waals surface area contributed by atoms with Crippen LogP contribution in [0, 0.1) is 0 Å². The van der Waals surface area contributed by atoms with E-state index >= 15 is 0 Å². The number of Topliss-reactive ketones (excluding diaryl/α,β-unsaturated/α-hetero) is 1. The molecular formula is C18H22N2O2S. The van der Waals surface area contributed by atoms with Crippen molar-refractivity contribution in [2.45, 2.75) is 39.7 Å². The van der Waals surface area contributed by atoms with Gasteiger partial charge in [-0.1, -0.05) is 19.4 Å². The van der Waals surface area contributed by atoms with E-state index in [-0.39, 0.29) is 11.7 Å². The normalized spacial score (nSPS) is 10.5. The zero-order valence-electron chi connectivity index (χ0n) is 13.6. The molecule has 0 aromatic carbocycles. The second kappa shape index (κ2) is 8.58. The van der Waals surface area contributed by atoms with E-state index in [0.29, 0.717) is 17.8 Å². The van der Waals surface area contributed by atoms with Crippen LogP contribution in [0.3, 0.4) is 0 Å². The van der Waals surface area contributed by atoms with Gasteiger partial charge in [-0.2, -0.15) is 0 Å². The van der Waals surface area contributed by atoms with Gasteiger partial charge in [0.15, 0.2) is 5.78 Å². The molecule has 0 aliphatic heterocycles. The molecule has 2 heterocycles. The van der Waals surface area contributed by atoms with Gasteiger partial charge in [0.05, 0.1) is 11.3 Å². The summed E-state index contributed by atoms with van der Waals surface area (Å²) in [7, 11) is 0. The highest BCUT2D eigenvalue weighted by Gasteiger charge is 2.15. The summed E-state index contributed by atoms with van der Waals surface area (Å²) >= 11 is 1.40. The summed E-state index contributed by atoms with van der Waals surface area (Å²) in [5.41, 5.74) is 1.95. The van der Waals surface area contributed by atoms with Gasteiger partial charge in [-0.25, -0.2) is 0 Å². The van der Waals surface area contributed by atoms with Gasteiger partial charge >= 0.3 is 0 Å². The molecule has 0 aliphatic carbocycles. The van der Waals surface area contributed by atoms with E-state index in [1.54, 1.807) is 19.3 Å². The zero-order chi connectivity index (χ0) is 16.7. The van der Waals surface area contributed by atoms with E-state index in [1.165, 1.54) is 11.3 Å². The molecule has 0 saturated heterocycles. The summed E-state index contributed by atoms with van der Waals surface area (Å²) in [6, 6.07) is 5.69. The van der Waals surface area contributed by atoms with E-state index in [2.05, 4.69) is 11.9 Å². The number of aromatic nitrogens is 1. The number of carbonyl (C=O) groups excluding carboxylic acids is 2. The number of nitrogens with zero attached hydrogens (tertiary/aromatic N) is 2. The lowest BCUT2D eigenvalue weighted by molar-refractivity contribution is -0.131. The Balaban J connectivity index is 2.04. The third-order valence-electron chi connectivity index (χ3n) is 3.59. The van der Waals surface area contributed by atoms with Crippen molar-refractivity contribution in [1.82, 2.24) is 9.88 Å². The molecule has 23 heavy (non-hydrogen) atoms. The summed E-state index contributed by atoms with van der Waals surface area (Å²) in [5.74, 6) is 0.141. The van der Waals surface area contributed by atoms with Crippen LogP contribution in [0.1, 0.15) is 47.5 Å². The molecule has 0 aliphatic rings. The van der Waals surface area contributed by atoms with Crippen LogP contribution in [0.15, 0.2) is 36.0 Å². The SMILES string of the molecule is CCCCN(Cc1cccnc1)C(=O)Cc1csc(C(C)=O)c1. The zero-order valence-corrected chi connectivity index (χ0v) is 14.4. The number of ketones is 1. The van der Waals surface area contributed by atoms with Crippen LogP contribution in [0.25, 0.3) is 0 Å². The van der Waals surface area contributed by atoms with Crippen molar-refractivity contribution >= 4 is 23.0 Å². The quantitative estimate of drug-likeness (QED) is 0.693. The Morgan fingerprint density at radius 1 is 1.30 bits per heavy atom. The summed E-state index contributed by atoms with van der Waals surface area (Å²) in [6.07, 6.45) is 5.90. The smallest absolute Gasteiger partial charge is 0.227 e. The van der Waals surface area contributed by atoms with Crippen molar-refractivity contribution in [1.29, 1.82) is 0 Å². The minimum atomic E-state index is 0.0481. The first-order chi connectivity index (χ1) is 11.1. The molecule has 0 bridgehead atoms. The molecule has 0 N–H and O–H groups in total. The lowest BCUT2D eigenvalue weighted by Crippen LogP contribution is -2.32. The minimum Gasteiger partial charge on any atom is -0.338 e. The lowest BCUT2D eigenvalue weighted by Gasteiger charge is -2.22. The predicted molar refractivity (Wildman–Crippen MR) is 92.6 cm³/mol. The Morgan fingerprint density at radius 3 is 2.74 bits per heavy atom. The molecule has 4 nitrogen and oxygen atoms in total. The second-order valence-corrected chi connectivity index (χ2v) is 6.49. The fourth-order valence-corrected chi connectivity index (χ4v) is 3.11. The van der Waals surface area contributed by atoms with Crippen molar-refractivity contribution in [2.75, 3.05) is 6.54 Å². The average molecular weight is 330 g/mol. The maximum atomic E-state index is 12.6. The predicted octanol–water partition coefficient (Wildman–Crippen LogP) is 3.72. The Bertz CT molecular complexity index is 652. The Morgan fingerprint density at radius 2 is 2.13 bits per heavy atom. The Labute approximate surface area is 141 Å². The maximum absolute atomic E-state index is 12.6. The fourth-order valence-electron chi connectivity index (χ4n) is 2.29. The summed E-state index contributed by atoms with van der Waals surface area (Å²) < 4.78 is 0. The average Bonchev–Trinajstić information content (AvgIpc) is 3.01. The molecule has 2 aromatic rings. The van der Waals surface area contributed by atoms with Crippen LogP contribution in [0.5, 0.6) is 0 Å². The third-order valence-corrected chi connectivity index (χ3v) is 4.67. The third kappa shape index (κ3) is 5.28. The van der Waals surface area contributed by atoms with Gasteiger partial charge in [-0.05, 0) is 42.0 Å². The van der Waals surface area contributed by atoms with E-state index in [9.17, 15) is 9.59 Å². The van der Waals surface area contributed by atoms with Crippen molar-refractivity contribution in [3.05, 3.63) is 52.0 Å². The van der Waals surface area contributed by atoms with Crippen molar-refractivity contribution in [3.8, 4) is 0 Å². The monoisotopic (exact) mass is 330 g/mol. The van der Waals surface area contributed by atoms with Gasteiger partial charge in [0.2, 0.25) is 5.91 Å². The van der Waals surface area contributed by atoms with Gasteiger partial charge in [-0.3, -0.25) is 14.6 Å².